The van der Waals surface area contributed by atoms with Gasteiger partial charge < -0.3 is 15.1 Å². The van der Waals surface area contributed by atoms with Gasteiger partial charge in [-0.05, 0) is 0 Å². The number of aliphatic hydroxyl groups excluding tert-OH is 1. The summed E-state index contributed by atoms with van der Waals surface area (Å²) in [5.41, 5.74) is 0.156. The molecule has 0 unspecified atom stereocenters. The van der Waals surface area contributed by atoms with Crippen molar-refractivity contribution in [3.8, 4) is 0 Å². The van der Waals surface area contributed by atoms with E-state index in [9.17, 15) is 9.59 Å². The van der Waals surface area contributed by atoms with Crippen LogP contribution in [0.1, 0.15) is 6.42 Å². The third-order valence-corrected chi connectivity index (χ3v) is 1.75. The SMILES string of the molecule is O=C1CCN(C(=O)O)CC1=CO. The van der Waals surface area contributed by atoms with Crippen LogP contribution in [0.25, 0.3) is 0 Å². The van der Waals surface area contributed by atoms with E-state index in [1.165, 1.54) is 0 Å². The summed E-state index contributed by atoms with van der Waals surface area (Å²) >= 11 is 0. The maximum Gasteiger partial charge on any atom is 0.407 e. The second kappa shape index (κ2) is 3.25. The molecule has 1 aliphatic rings. The van der Waals surface area contributed by atoms with Gasteiger partial charge in [0.05, 0.1) is 12.8 Å². The number of amides is 1. The van der Waals surface area contributed by atoms with Crippen molar-refractivity contribution >= 4 is 11.9 Å². The van der Waals surface area contributed by atoms with E-state index in [0.29, 0.717) is 6.26 Å². The molecule has 0 aromatic rings. The molecule has 0 bridgehead atoms. The standard InChI is InChI=1S/C7H9NO4/c9-4-5-3-8(7(11)12)2-1-6(5)10/h4,9H,1-3H2,(H,11,12). The van der Waals surface area contributed by atoms with E-state index >= 15 is 0 Å². The molecule has 0 aromatic carbocycles. The maximum atomic E-state index is 10.9. The first-order valence-corrected chi connectivity index (χ1v) is 3.49. The Labute approximate surface area is 68.9 Å². The number of piperidine rings is 1. The van der Waals surface area contributed by atoms with Crippen molar-refractivity contribution in [3.05, 3.63) is 11.8 Å². The van der Waals surface area contributed by atoms with Crippen molar-refractivity contribution in [2.75, 3.05) is 13.1 Å². The van der Waals surface area contributed by atoms with Gasteiger partial charge in [-0.15, -0.1) is 0 Å². The second-order valence-electron chi connectivity index (χ2n) is 2.53. The molecule has 1 fully saturated rings. The maximum absolute atomic E-state index is 10.9. The van der Waals surface area contributed by atoms with Crippen molar-refractivity contribution in [2.45, 2.75) is 6.42 Å². The Hall–Kier alpha value is -1.52. The van der Waals surface area contributed by atoms with Gasteiger partial charge in [-0.25, -0.2) is 4.79 Å². The zero-order chi connectivity index (χ0) is 9.14. The summed E-state index contributed by atoms with van der Waals surface area (Å²) in [6, 6.07) is 0. The van der Waals surface area contributed by atoms with Gasteiger partial charge in [0.25, 0.3) is 0 Å². The van der Waals surface area contributed by atoms with Crippen LogP contribution in [0.4, 0.5) is 4.79 Å². The monoisotopic (exact) mass is 171 g/mol. The van der Waals surface area contributed by atoms with Crippen molar-refractivity contribution in [1.29, 1.82) is 0 Å². The molecule has 1 heterocycles. The molecule has 0 spiro atoms. The highest BCUT2D eigenvalue weighted by Crippen LogP contribution is 2.10. The highest BCUT2D eigenvalue weighted by Gasteiger charge is 2.24. The van der Waals surface area contributed by atoms with Crippen LogP contribution >= 0.6 is 0 Å². The Balaban J connectivity index is 2.68. The van der Waals surface area contributed by atoms with Gasteiger partial charge in [0, 0.05) is 18.5 Å². The minimum atomic E-state index is -1.07. The first-order valence-electron chi connectivity index (χ1n) is 3.49. The van der Waals surface area contributed by atoms with Gasteiger partial charge in [0.1, 0.15) is 0 Å². The predicted octanol–water partition coefficient (Wildman–Crippen LogP) is 0.381. The summed E-state index contributed by atoms with van der Waals surface area (Å²) in [6.07, 6.45) is -0.238. The molecule has 0 aromatic heterocycles. The highest BCUT2D eigenvalue weighted by molar-refractivity contribution is 5.97. The van der Waals surface area contributed by atoms with E-state index in [4.69, 9.17) is 10.2 Å². The van der Waals surface area contributed by atoms with Crippen LogP contribution in [0.15, 0.2) is 11.8 Å². The van der Waals surface area contributed by atoms with Crippen LogP contribution in [0.5, 0.6) is 0 Å². The lowest BCUT2D eigenvalue weighted by atomic mass is 10.1. The average molecular weight is 171 g/mol. The largest absolute Gasteiger partial charge is 0.515 e. The number of ketones is 1. The highest BCUT2D eigenvalue weighted by atomic mass is 16.4. The van der Waals surface area contributed by atoms with Crippen LogP contribution in [-0.4, -0.2) is 40.1 Å². The number of carbonyl (C=O) groups excluding carboxylic acids is 1. The molecule has 12 heavy (non-hydrogen) atoms. The molecule has 1 aliphatic heterocycles. The molecular weight excluding hydrogens is 162 g/mol. The Morgan fingerprint density at radius 2 is 2.25 bits per heavy atom. The smallest absolute Gasteiger partial charge is 0.407 e. The van der Waals surface area contributed by atoms with Gasteiger partial charge >= 0.3 is 6.09 Å². The lowest BCUT2D eigenvalue weighted by molar-refractivity contribution is -0.117. The topological polar surface area (TPSA) is 77.8 Å². The van der Waals surface area contributed by atoms with E-state index < -0.39 is 6.09 Å². The number of carbonyl (C=O) groups is 2. The van der Waals surface area contributed by atoms with Crippen molar-refractivity contribution in [1.82, 2.24) is 4.90 Å². The van der Waals surface area contributed by atoms with Gasteiger partial charge in [-0.3, -0.25) is 4.79 Å². The fraction of sp³-hybridized carbons (Fsp3) is 0.429. The normalized spacial score (nSPS) is 21.5. The fourth-order valence-corrected chi connectivity index (χ4v) is 1.05. The number of aliphatic hydroxyl groups is 1. The summed E-state index contributed by atoms with van der Waals surface area (Å²) in [6.45, 7) is 0.205. The fourth-order valence-electron chi connectivity index (χ4n) is 1.05. The first kappa shape index (κ1) is 8.58. The summed E-state index contributed by atoms with van der Waals surface area (Å²) in [7, 11) is 0. The Bertz CT molecular complexity index is 246. The molecule has 1 amide bonds. The molecule has 0 saturated carbocycles. The average Bonchev–Trinajstić information content (AvgIpc) is 2.05. The predicted molar refractivity (Wildman–Crippen MR) is 39.9 cm³/mol. The quantitative estimate of drug-likeness (QED) is 0.408. The van der Waals surface area contributed by atoms with Crippen molar-refractivity contribution < 1.29 is 19.8 Å². The van der Waals surface area contributed by atoms with Gasteiger partial charge in [0.2, 0.25) is 0 Å². The van der Waals surface area contributed by atoms with E-state index in [1.54, 1.807) is 0 Å². The first-order chi connectivity index (χ1) is 5.65. The van der Waals surface area contributed by atoms with Crippen LogP contribution in [0.3, 0.4) is 0 Å². The number of carboxylic acid groups (broad SMARTS) is 1. The van der Waals surface area contributed by atoms with Crippen LogP contribution < -0.4 is 0 Å². The molecule has 5 heteroatoms. The summed E-state index contributed by atoms with van der Waals surface area (Å²) in [5, 5.41) is 17.1. The molecule has 5 nitrogen and oxygen atoms in total. The molecule has 1 rings (SSSR count). The van der Waals surface area contributed by atoms with E-state index in [1.807, 2.05) is 0 Å². The Morgan fingerprint density at radius 1 is 1.58 bits per heavy atom. The van der Waals surface area contributed by atoms with Crippen molar-refractivity contribution in [3.63, 3.8) is 0 Å². The molecule has 0 radical (unpaired) electrons. The number of rotatable bonds is 0. The van der Waals surface area contributed by atoms with Gasteiger partial charge in [-0.1, -0.05) is 0 Å². The molecule has 1 saturated heterocycles. The third-order valence-electron chi connectivity index (χ3n) is 1.75. The molecule has 0 atom stereocenters. The summed E-state index contributed by atoms with van der Waals surface area (Å²) < 4.78 is 0. The van der Waals surface area contributed by atoms with E-state index in [0.717, 1.165) is 4.90 Å². The molecule has 66 valence electrons. The van der Waals surface area contributed by atoms with Crippen LogP contribution in [0, 0.1) is 0 Å². The number of Topliss-reactive ketones (excluding diaryl/α,β-unsaturated/α-hetero) is 1. The third kappa shape index (κ3) is 1.55. The zero-order valence-electron chi connectivity index (χ0n) is 6.36. The minimum Gasteiger partial charge on any atom is -0.515 e. The lowest BCUT2D eigenvalue weighted by Gasteiger charge is -2.24. The summed E-state index contributed by atoms with van der Waals surface area (Å²) in [5.74, 6) is -0.185. The van der Waals surface area contributed by atoms with E-state index in [-0.39, 0.29) is 30.9 Å². The van der Waals surface area contributed by atoms with Gasteiger partial charge in [0.15, 0.2) is 5.78 Å². The molecule has 2 N–H and O–H groups in total. The number of likely N-dealkylation sites (tertiary alicyclic amines) is 1. The van der Waals surface area contributed by atoms with Gasteiger partial charge in [-0.2, -0.15) is 0 Å². The zero-order valence-corrected chi connectivity index (χ0v) is 6.36. The minimum absolute atomic E-state index is 0.00926. The summed E-state index contributed by atoms with van der Waals surface area (Å²) in [4.78, 5) is 22.5. The number of hydrogen-bond acceptors (Lipinski definition) is 3. The van der Waals surface area contributed by atoms with Crippen LogP contribution in [0.2, 0.25) is 0 Å². The Morgan fingerprint density at radius 3 is 2.75 bits per heavy atom. The van der Waals surface area contributed by atoms with Crippen molar-refractivity contribution in [2.24, 2.45) is 0 Å². The Kier molecular flexibility index (Phi) is 2.32. The number of hydrogen-bond donors (Lipinski definition) is 2. The molecular formula is C7H9NO4. The van der Waals surface area contributed by atoms with E-state index in [2.05, 4.69) is 0 Å². The lowest BCUT2D eigenvalue weighted by Crippen LogP contribution is -2.39. The van der Waals surface area contributed by atoms with Crippen LogP contribution in [-0.2, 0) is 4.79 Å². The number of nitrogens with zero attached hydrogens (tertiary/aromatic N) is 1. The second-order valence-corrected chi connectivity index (χ2v) is 2.53. The molecule has 0 aliphatic carbocycles.